The summed E-state index contributed by atoms with van der Waals surface area (Å²) in [7, 11) is 1.38. The first-order chi connectivity index (χ1) is 16.2. The van der Waals surface area contributed by atoms with Crippen LogP contribution in [0.25, 0.3) is 10.9 Å². The summed E-state index contributed by atoms with van der Waals surface area (Å²) in [6.45, 7) is 0.268. The molecule has 1 aromatic heterocycles. The van der Waals surface area contributed by atoms with E-state index < -0.39 is 6.36 Å². The number of hydrogen-bond donors (Lipinski definition) is 1. The summed E-state index contributed by atoms with van der Waals surface area (Å²) in [6, 6.07) is 10.8. The number of carbonyl (C=O) groups excluding carboxylic acids is 2. The maximum absolute atomic E-state index is 13.1. The molecule has 10 heteroatoms. The highest BCUT2D eigenvalue weighted by molar-refractivity contribution is 6.05. The number of para-hydroxylation sites is 1. The van der Waals surface area contributed by atoms with Crippen LogP contribution in [-0.2, 0) is 16.1 Å². The van der Waals surface area contributed by atoms with Crippen molar-refractivity contribution in [2.45, 2.75) is 44.6 Å². The largest absolute Gasteiger partial charge is 0.573 e. The number of halogens is 3. The Labute approximate surface area is 193 Å². The van der Waals surface area contributed by atoms with Gasteiger partial charge in [-0.1, -0.05) is 24.3 Å². The zero-order valence-corrected chi connectivity index (χ0v) is 18.5. The number of fused-ring (bicyclic) bond motifs is 1. The lowest BCUT2D eigenvalue weighted by molar-refractivity contribution is -0.274. The normalized spacial score (nSPS) is 18.5. The molecule has 1 aliphatic rings. The number of ether oxygens (including phenoxy) is 2. The third-order valence-corrected chi connectivity index (χ3v) is 5.99. The van der Waals surface area contributed by atoms with Crippen LogP contribution in [0.1, 0.15) is 41.6 Å². The van der Waals surface area contributed by atoms with Gasteiger partial charge >= 0.3 is 12.3 Å². The van der Waals surface area contributed by atoms with Crippen LogP contribution in [0.4, 0.5) is 13.2 Å². The molecule has 0 atom stereocenters. The van der Waals surface area contributed by atoms with Gasteiger partial charge in [0.1, 0.15) is 5.75 Å². The Morgan fingerprint density at radius 1 is 1.09 bits per heavy atom. The van der Waals surface area contributed by atoms with Gasteiger partial charge in [0.15, 0.2) is 0 Å². The first-order valence-electron chi connectivity index (χ1n) is 10.9. The number of carbonyl (C=O) groups is 2. The van der Waals surface area contributed by atoms with Gasteiger partial charge in [0.05, 0.1) is 36.8 Å². The van der Waals surface area contributed by atoms with Gasteiger partial charge in [0.2, 0.25) is 0 Å². The fraction of sp³-hybridized carbons (Fsp3) is 0.375. The van der Waals surface area contributed by atoms with Crippen LogP contribution in [0.15, 0.2) is 48.7 Å². The van der Waals surface area contributed by atoms with E-state index in [0.717, 1.165) is 5.39 Å². The van der Waals surface area contributed by atoms with Crippen molar-refractivity contribution in [3.05, 3.63) is 59.8 Å². The average molecular weight is 475 g/mol. The van der Waals surface area contributed by atoms with Crippen LogP contribution >= 0.6 is 0 Å². The molecule has 180 valence electrons. The summed E-state index contributed by atoms with van der Waals surface area (Å²) in [4.78, 5) is 24.8. The van der Waals surface area contributed by atoms with Crippen molar-refractivity contribution in [2.24, 2.45) is 5.92 Å². The molecular formula is C24H24F3N3O4. The Morgan fingerprint density at radius 3 is 2.44 bits per heavy atom. The fourth-order valence-corrected chi connectivity index (χ4v) is 4.32. The Balaban J connectivity index is 1.48. The van der Waals surface area contributed by atoms with E-state index in [-0.39, 0.29) is 36.1 Å². The molecule has 0 bridgehead atoms. The molecule has 1 amide bonds. The second kappa shape index (κ2) is 9.74. The molecule has 1 heterocycles. The lowest BCUT2D eigenvalue weighted by Crippen LogP contribution is -2.39. The van der Waals surface area contributed by atoms with Gasteiger partial charge in [0.25, 0.3) is 5.91 Å². The zero-order valence-electron chi connectivity index (χ0n) is 18.5. The van der Waals surface area contributed by atoms with E-state index >= 15 is 0 Å². The van der Waals surface area contributed by atoms with Crippen molar-refractivity contribution in [3.8, 4) is 5.75 Å². The van der Waals surface area contributed by atoms with Crippen LogP contribution in [0.5, 0.6) is 5.75 Å². The van der Waals surface area contributed by atoms with Crippen molar-refractivity contribution in [1.82, 2.24) is 15.1 Å². The maximum Gasteiger partial charge on any atom is 0.573 e. The summed E-state index contributed by atoms with van der Waals surface area (Å²) in [5, 5.41) is 8.21. The minimum atomic E-state index is -4.75. The molecule has 0 saturated heterocycles. The van der Waals surface area contributed by atoms with Crippen LogP contribution in [0.3, 0.4) is 0 Å². The molecule has 0 unspecified atom stereocenters. The molecule has 1 aliphatic carbocycles. The van der Waals surface area contributed by atoms with Crippen molar-refractivity contribution < 1.29 is 32.2 Å². The van der Waals surface area contributed by atoms with E-state index in [0.29, 0.717) is 42.3 Å². The van der Waals surface area contributed by atoms with Crippen LogP contribution in [0.2, 0.25) is 0 Å². The van der Waals surface area contributed by atoms with E-state index in [1.54, 1.807) is 23.0 Å². The van der Waals surface area contributed by atoms with Crippen molar-refractivity contribution in [1.29, 1.82) is 0 Å². The first kappa shape index (κ1) is 23.6. The number of benzene rings is 2. The molecule has 0 spiro atoms. The number of hydrogen-bond acceptors (Lipinski definition) is 5. The monoisotopic (exact) mass is 475 g/mol. The highest BCUT2D eigenvalue weighted by Gasteiger charge is 2.31. The minimum Gasteiger partial charge on any atom is -0.469 e. The Morgan fingerprint density at radius 2 is 1.79 bits per heavy atom. The number of rotatable bonds is 6. The number of alkyl halides is 3. The van der Waals surface area contributed by atoms with Gasteiger partial charge < -0.3 is 14.8 Å². The molecule has 1 saturated carbocycles. The van der Waals surface area contributed by atoms with E-state index in [1.165, 1.54) is 31.4 Å². The minimum absolute atomic E-state index is 0.0405. The predicted molar refractivity (Wildman–Crippen MR) is 117 cm³/mol. The quantitative estimate of drug-likeness (QED) is 0.533. The Kier molecular flexibility index (Phi) is 6.76. The SMILES string of the molecule is COC(=O)C1CCC(NC(=O)c2cccc3cnn(Cc4ccc(OC(F)(F)F)cc4)c23)CC1. The smallest absolute Gasteiger partial charge is 0.469 e. The Hall–Kier alpha value is -3.56. The van der Waals surface area contributed by atoms with Gasteiger partial charge in [-0.05, 0) is 49.4 Å². The van der Waals surface area contributed by atoms with Crippen molar-refractivity contribution in [2.75, 3.05) is 7.11 Å². The average Bonchev–Trinajstić information content (AvgIpc) is 3.22. The molecule has 2 aromatic carbocycles. The topological polar surface area (TPSA) is 82.5 Å². The summed E-state index contributed by atoms with van der Waals surface area (Å²) < 4.78 is 47.5. The van der Waals surface area contributed by atoms with Crippen LogP contribution in [0, 0.1) is 5.92 Å². The molecular weight excluding hydrogens is 451 g/mol. The number of esters is 1. The van der Waals surface area contributed by atoms with Gasteiger partial charge in [-0.15, -0.1) is 13.2 Å². The third-order valence-electron chi connectivity index (χ3n) is 5.99. The summed E-state index contributed by atoms with van der Waals surface area (Å²) in [5.41, 5.74) is 1.80. The highest BCUT2D eigenvalue weighted by Crippen LogP contribution is 2.27. The summed E-state index contributed by atoms with van der Waals surface area (Å²) in [6.07, 6.45) is -0.406. The molecule has 1 N–H and O–H groups in total. The first-order valence-corrected chi connectivity index (χ1v) is 10.9. The number of nitrogens with one attached hydrogen (secondary N) is 1. The molecule has 7 nitrogen and oxygen atoms in total. The predicted octanol–water partition coefficient (Wildman–Crippen LogP) is 4.44. The van der Waals surface area contributed by atoms with E-state index in [4.69, 9.17) is 4.74 Å². The van der Waals surface area contributed by atoms with Crippen molar-refractivity contribution in [3.63, 3.8) is 0 Å². The fourth-order valence-electron chi connectivity index (χ4n) is 4.32. The van der Waals surface area contributed by atoms with Gasteiger partial charge in [-0.2, -0.15) is 5.10 Å². The van der Waals surface area contributed by atoms with Crippen LogP contribution in [-0.4, -0.2) is 41.2 Å². The summed E-state index contributed by atoms with van der Waals surface area (Å²) >= 11 is 0. The number of aromatic nitrogens is 2. The number of methoxy groups -OCH3 is 1. The lowest BCUT2D eigenvalue weighted by atomic mass is 9.86. The van der Waals surface area contributed by atoms with Crippen LogP contribution < -0.4 is 10.1 Å². The number of amides is 1. The molecule has 3 aromatic rings. The van der Waals surface area contributed by atoms with E-state index in [2.05, 4.69) is 15.2 Å². The second-order valence-electron chi connectivity index (χ2n) is 8.28. The number of nitrogens with zero attached hydrogens (tertiary/aromatic N) is 2. The maximum atomic E-state index is 13.1. The molecule has 34 heavy (non-hydrogen) atoms. The lowest BCUT2D eigenvalue weighted by Gasteiger charge is -2.27. The molecule has 4 rings (SSSR count). The molecule has 0 radical (unpaired) electrons. The van der Waals surface area contributed by atoms with E-state index in [1.807, 2.05) is 6.07 Å². The third kappa shape index (κ3) is 5.49. The standard InChI is InChI=1S/C24H24F3N3O4/c1-33-23(32)16-7-9-18(10-8-16)29-22(31)20-4-2-3-17-13-28-30(21(17)20)14-15-5-11-19(12-6-15)34-24(25,26)27/h2-6,11-13,16,18H,7-10,14H2,1H3,(H,29,31). The van der Waals surface area contributed by atoms with E-state index in [9.17, 15) is 22.8 Å². The van der Waals surface area contributed by atoms with Gasteiger partial charge in [-0.25, -0.2) is 0 Å². The highest BCUT2D eigenvalue weighted by atomic mass is 19.4. The molecule has 0 aliphatic heterocycles. The molecule has 1 fully saturated rings. The Bertz CT molecular complexity index is 1170. The second-order valence-corrected chi connectivity index (χ2v) is 8.28. The summed E-state index contributed by atoms with van der Waals surface area (Å²) in [5.74, 6) is -0.876. The van der Waals surface area contributed by atoms with Gasteiger partial charge in [-0.3, -0.25) is 14.3 Å². The van der Waals surface area contributed by atoms with Crippen molar-refractivity contribution >= 4 is 22.8 Å². The zero-order chi connectivity index (χ0) is 24.3. The van der Waals surface area contributed by atoms with Gasteiger partial charge in [0, 0.05) is 11.4 Å².